The summed E-state index contributed by atoms with van der Waals surface area (Å²) in [7, 11) is 0. The molecule has 0 spiro atoms. The molecule has 1 aromatic carbocycles. The van der Waals surface area contributed by atoms with Crippen molar-refractivity contribution in [3.05, 3.63) is 41.1 Å². The third kappa shape index (κ3) is 3.34. The Morgan fingerprint density at radius 2 is 1.52 bits per heavy atom. The van der Waals surface area contributed by atoms with Gasteiger partial charge < -0.3 is 4.90 Å². The Morgan fingerprint density at radius 1 is 0.889 bits per heavy atom. The molecule has 9 heteroatoms. The van der Waals surface area contributed by atoms with Crippen molar-refractivity contribution in [1.82, 2.24) is 19.6 Å². The predicted molar refractivity (Wildman–Crippen MR) is 96.4 cm³/mol. The van der Waals surface area contributed by atoms with Crippen LogP contribution in [0.15, 0.2) is 18.5 Å². The molecule has 3 aromatic rings. The lowest BCUT2D eigenvalue weighted by atomic mass is 10.0. The fraction of sp³-hybridized carbons (Fsp3) is 0.389. The van der Waals surface area contributed by atoms with Gasteiger partial charge in [-0.3, -0.25) is 0 Å². The van der Waals surface area contributed by atoms with Gasteiger partial charge in [0.2, 0.25) is 0 Å². The molecule has 0 aliphatic carbocycles. The van der Waals surface area contributed by atoms with Gasteiger partial charge in [-0.2, -0.15) is 19.6 Å². The molecule has 0 amide bonds. The van der Waals surface area contributed by atoms with Crippen LogP contribution in [-0.2, 0) is 0 Å². The minimum absolute atomic E-state index is 0.0604. The summed E-state index contributed by atoms with van der Waals surface area (Å²) < 4.78 is 44.0. The summed E-state index contributed by atoms with van der Waals surface area (Å²) >= 11 is 6.33. The van der Waals surface area contributed by atoms with Crippen LogP contribution in [0.25, 0.3) is 16.9 Å². The lowest BCUT2D eigenvalue weighted by Gasteiger charge is -2.29. The van der Waals surface area contributed by atoms with Crippen molar-refractivity contribution in [2.45, 2.75) is 32.1 Å². The first-order valence-electron chi connectivity index (χ1n) is 8.85. The molecule has 1 aliphatic rings. The first-order valence-corrected chi connectivity index (χ1v) is 9.23. The largest absolute Gasteiger partial charge is 0.356 e. The van der Waals surface area contributed by atoms with Gasteiger partial charge in [0, 0.05) is 25.2 Å². The van der Waals surface area contributed by atoms with E-state index in [1.165, 1.54) is 10.8 Å². The fourth-order valence-corrected chi connectivity index (χ4v) is 3.80. The highest BCUT2D eigenvalue weighted by Gasteiger charge is 2.27. The topological polar surface area (TPSA) is 46.3 Å². The van der Waals surface area contributed by atoms with E-state index in [0.717, 1.165) is 32.1 Å². The molecule has 3 heterocycles. The second kappa shape index (κ2) is 7.34. The molecule has 2 aromatic heterocycles. The maximum Gasteiger partial charge on any atom is 0.255 e. The quantitative estimate of drug-likeness (QED) is 0.593. The average molecular weight is 396 g/mol. The van der Waals surface area contributed by atoms with Gasteiger partial charge in [-0.05, 0) is 12.8 Å². The summed E-state index contributed by atoms with van der Waals surface area (Å²) in [5.74, 6) is -2.40. The van der Waals surface area contributed by atoms with Crippen molar-refractivity contribution in [2.75, 3.05) is 18.0 Å². The Balaban J connectivity index is 1.99. The molecule has 0 atom stereocenters. The van der Waals surface area contributed by atoms with E-state index in [2.05, 4.69) is 15.1 Å². The van der Waals surface area contributed by atoms with Gasteiger partial charge >= 0.3 is 0 Å². The highest BCUT2D eigenvalue weighted by Crippen LogP contribution is 2.39. The lowest BCUT2D eigenvalue weighted by Crippen LogP contribution is -2.30. The summed E-state index contributed by atoms with van der Waals surface area (Å²) in [4.78, 5) is 10.2. The van der Waals surface area contributed by atoms with Crippen LogP contribution in [0.5, 0.6) is 0 Å². The molecule has 142 valence electrons. The van der Waals surface area contributed by atoms with Crippen molar-refractivity contribution in [3.63, 3.8) is 0 Å². The molecule has 27 heavy (non-hydrogen) atoms. The summed E-state index contributed by atoms with van der Waals surface area (Å²) in [5, 5.41) is 4.08. The fourth-order valence-electron chi connectivity index (χ4n) is 3.55. The zero-order valence-corrected chi connectivity index (χ0v) is 15.2. The maximum atomic E-state index is 14.6. The Kier molecular flexibility index (Phi) is 4.90. The third-order valence-electron chi connectivity index (χ3n) is 4.77. The monoisotopic (exact) mass is 395 g/mol. The van der Waals surface area contributed by atoms with Crippen LogP contribution in [0.1, 0.15) is 32.1 Å². The van der Waals surface area contributed by atoms with Crippen LogP contribution in [0.4, 0.5) is 19.0 Å². The Bertz CT molecular complexity index is 960. The molecule has 0 N–H and O–H groups in total. The Hall–Kier alpha value is -2.35. The summed E-state index contributed by atoms with van der Waals surface area (Å²) in [6, 6.07) is 1.27. The first-order chi connectivity index (χ1) is 13.1. The van der Waals surface area contributed by atoms with Crippen LogP contribution in [0.3, 0.4) is 0 Å². The second-order valence-electron chi connectivity index (χ2n) is 6.57. The molecule has 1 saturated heterocycles. The third-order valence-corrected chi connectivity index (χ3v) is 5.04. The molecular weight excluding hydrogens is 379 g/mol. The SMILES string of the molecule is Fc1cc(F)c(-c2c(Cl)nc3ncnn3c2N2CCCCCCC2)c(F)c1. The van der Waals surface area contributed by atoms with Crippen LogP contribution < -0.4 is 4.90 Å². The molecule has 0 radical (unpaired) electrons. The van der Waals surface area contributed by atoms with E-state index in [-0.39, 0.29) is 16.5 Å². The van der Waals surface area contributed by atoms with Gasteiger partial charge in [-0.25, -0.2) is 13.2 Å². The molecule has 0 unspecified atom stereocenters. The number of benzene rings is 1. The number of hydrogen-bond acceptors (Lipinski definition) is 4. The van der Waals surface area contributed by atoms with E-state index < -0.39 is 23.0 Å². The Morgan fingerprint density at radius 3 is 2.19 bits per heavy atom. The first kappa shape index (κ1) is 18.0. The molecule has 4 rings (SSSR count). The zero-order chi connectivity index (χ0) is 19.0. The summed E-state index contributed by atoms with van der Waals surface area (Å²) in [5.41, 5.74) is -0.353. The van der Waals surface area contributed by atoms with Gasteiger partial charge in [0.1, 0.15) is 34.7 Å². The normalized spacial score (nSPS) is 15.8. The van der Waals surface area contributed by atoms with E-state index >= 15 is 0 Å². The molecule has 0 saturated carbocycles. The van der Waals surface area contributed by atoms with Crippen molar-refractivity contribution in [1.29, 1.82) is 0 Å². The number of rotatable bonds is 2. The molecule has 1 fully saturated rings. The molecule has 5 nitrogen and oxygen atoms in total. The maximum absolute atomic E-state index is 14.6. The van der Waals surface area contributed by atoms with Gasteiger partial charge in [0.15, 0.2) is 0 Å². The highest BCUT2D eigenvalue weighted by atomic mass is 35.5. The lowest BCUT2D eigenvalue weighted by molar-refractivity contribution is 0.544. The molecule has 0 bridgehead atoms. The minimum Gasteiger partial charge on any atom is -0.356 e. The zero-order valence-electron chi connectivity index (χ0n) is 14.4. The molecule has 1 aliphatic heterocycles. The van der Waals surface area contributed by atoms with Gasteiger partial charge in [-0.15, -0.1) is 0 Å². The molecular formula is C18H17ClF3N5. The number of aromatic nitrogens is 4. The standard InChI is InChI=1S/C18H17ClF3N5/c19-16-15(14-12(21)8-11(20)9-13(14)22)17(27-18(25-16)23-10-24-27)26-6-4-2-1-3-5-7-26/h8-10H,1-7H2. The van der Waals surface area contributed by atoms with Gasteiger partial charge in [-0.1, -0.05) is 30.9 Å². The predicted octanol–water partition coefficient (Wildman–Crippen LogP) is 4.63. The van der Waals surface area contributed by atoms with Crippen molar-refractivity contribution >= 4 is 23.2 Å². The number of halogens is 4. The van der Waals surface area contributed by atoms with Crippen molar-refractivity contribution in [2.24, 2.45) is 0 Å². The van der Waals surface area contributed by atoms with E-state index in [0.29, 0.717) is 31.0 Å². The van der Waals surface area contributed by atoms with Gasteiger partial charge in [0.25, 0.3) is 5.78 Å². The highest BCUT2D eigenvalue weighted by molar-refractivity contribution is 6.33. The number of hydrogen-bond donors (Lipinski definition) is 0. The van der Waals surface area contributed by atoms with E-state index in [9.17, 15) is 13.2 Å². The number of anilines is 1. The second-order valence-corrected chi connectivity index (χ2v) is 6.93. The number of nitrogens with zero attached hydrogens (tertiary/aromatic N) is 5. The summed E-state index contributed by atoms with van der Waals surface area (Å²) in [6.45, 7) is 1.37. The van der Waals surface area contributed by atoms with Crippen molar-refractivity contribution in [3.8, 4) is 11.1 Å². The van der Waals surface area contributed by atoms with E-state index in [4.69, 9.17) is 11.6 Å². The van der Waals surface area contributed by atoms with Gasteiger partial charge in [0.05, 0.1) is 11.1 Å². The van der Waals surface area contributed by atoms with Crippen molar-refractivity contribution < 1.29 is 13.2 Å². The summed E-state index contributed by atoms with van der Waals surface area (Å²) in [6.07, 6.45) is 6.49. The average Bonchev–Trinajstić information content (AvgIpc) is 3.02. The van der Waals surface area contributed by atoms with E-state index in [1.54, 1.807) is 0 Å². The number of fused-ring (bicyclic) bond motifs is 1. The Labute approximate surface area is 158 Å². The van der Waals surface area contributed by atoms with Crippen LogP contribution in [0.2, 0.25) is 5.15 Å². The van der Waals surface area contributed by atoms with Crippen LogP contribution in [-0.4, -0.2) is 32.7 Å². The van der Waals surface area contributed by atoms with E-state index in [1.807, 2.05) is 4.90 Å². The smallest absolute Gasteiger partial charge is 0.255 e. The minimum atomic E-state index is -1.04. The van der Waals surface area contributed by atoms with Crippen LogP contribution >= 0.6 is 11.6 Å². The van der Waals surface area contributed by atoms with Crippen LogP contribution in [0, 0.1) is 17.5 Å².